The number of hydrogen-bond acceptors (Lipinski definition) is 1. The highest BCUT2D eigenvalue weighted by atomic mass is 16.4. The summed E-state index contributed by atoms with van der Waals surface area (Å²) in [5, 5.41) is 11.1. The Kier molecular flexibility index (Phi) is 2.33. The number of nitrogens with one attached hydrogen (secondary N) is 1. The number of carbonyl (C=O) groups is 1. The molecule has 18 heavy (non-hydrogen) atoms. The first kappa shape index (κ1) is 10.8. The third kappa shape index (κ3) is 1.64. The lowest BCUT2D eigenvalue weighted by Gasteiger charge is -2.00. The summed E-state index contributed by atoms with van der Waals surface area (Å²) in [6.45, 7) is 2.04. The minimum atomic E-state index is -0.802. The van der Waals surface area contributed by atoms with Crippen molar-refractivity contribution in [3.63, 3.8) is 0 Å². The van der Waals surface area contributed by atoms with Crippen LogP contribution in [0.4, 0.5) is 0 Å². The molecule has 0 fully saturated rings. The van der Waals surface area contributed by atoms with Gasteiger partial charge in [-0.3, -0.25) is 4.79 Å². The van der Waals surface area contributed by atoms with Crippen LogP contribution in [0.25, 0.3) is 21.8 Å². The minimum absolute atomic E-state index is 0.0537. The van der Waals surface area contributed by atoms with Crippen molar-refractivity contribution in [2.45, 2.75) is 13.3 Å². The molecule has 3 heteroatoms. The van der Waals surface area contributed by atoms with Gasteiger partial charge < -0.3 is 10.1 Å². The van der Waals surface area contributed by atoms with Gasteiger partial charge in [0.15, 0.2) is 0 Å². The smallest absolute Gasteiger partial charge is 0.307 e. The van der Waals surface area contributed by atoms with Crippen LogP contribution in [0, 0.1) is 6.92 Å². The van der Waals surface area contributed by atoms with Crippen molar-refractivity contribution in [3.05, 3.63) is 47.5 Å². The Hall–Kier alpha value is -2.29. The van der Waals surface area contributed by atoms with Gasteiger partial charge >= 0.3 is 5.97 Å². The number of aryl methyl sites for hydroxylation is 1. The number of fused-ring (bicyclic) bond motifs is 3. The Labute approximate surface area is 104 Å². The van der Waals surface area contributed by atoms with Crippen molar-refractivity contribution >= 4 is 27.8 Å². The standard InChI is InChI=1S/C15H13NO2/c1-9-5-6-11-13(7-9)16-12-4-2-3-10(15(11)12)8-14(17)18/h2-7,16H,8H2,1H3,(H,17,18). The molecule has 0 aliphatic heterocycles. The van der Waals surface area contributed by atoms with E-state index < -0.39 is 5.97 Å². The first-order chi connectivity index (χ1) is 8.65. The van der Waals surface area contributed by atoms with E-state index >= 15 is 0 Å². The van der Waals surface area contributed by atoms with E-state index in [0.29, 0.717) is 0 Å². The summed E-state index contributed by atoms with van der Waals surface area (Å²) in [4.78, 5) is 14.3. The van der Waals surface area contributed by atoms with Gasteiger partial charge in [0.1, 0.15) is 0 Å². The zero-order chi connectivity index (χ0) is 12.7. The largest absolute Gasteiger partial charge is 0.481 e. The van der Waals surface area contributed by atoms with Gasteiger partial charge in [-0.05, 0) is 30.2 Å². The van der Waals surface area contributed by atoms with Crippen LogP contribution >= 0.6 is 0 Å². The Bertz CT molecular complexity index is 756. The lowest BCUT2D eigenvalue weighted by molar-refractivity contribution is -0.136. The number of aromatic nitrogens is 1. The molecule has 0 aliphatic rings. The Morgan fingerprint density at radius 1 is 1.22 bits per heavy atom. The molecular formula is C15H13NO2. The van der Waals surface area contributed by atoms with Crippen molar-refractivity contribution in [3.8, 4) is 0 Å². The van der Waals surface area contributed by atoms with Gasteiger partial charge in [0, 0.05) is 21.8 Å². The van der Waals surface area contributed by atoms with E-state index in [9.17, 15) is 4.79 Å². The van der Waals surface area contributed by atoms with E-state index in [1.807, 2.05) is 31.2 Å². The number of carboxylic acids is 1. The molecule has 2 N–H and O–H groups in total. The molecule has 0 unspecified atom stereocenters. The summed E-state index contributed by atoms with van der Waals surface area (Å²) in [6, 6.07) is 11.9. The molecule has 0 bridgehead atoms. The molecule has 2 aromatic carbocycles. The van der Waals surface area contributed by atoms with Crippen molar-refractivity contribution in [2.75, 3.05) is 0 Å². The molecule has 0 radical (unpaired) electrons. The Morgan fingerprint density at radius 3 is 2.83 bits per heavy atom. The Morgan fingerprint density at radius 2 is 2.06 bits per heavy atom. The van der Waals surface area contributed by atoms with Crippen molar-refractivity contribution in [1.29, 1.82) is 0 Å². The highest BCUT2D eigenvalue weighted by Crippen LogP contribution is 2.29. The number of hydrogen-bond donors (Lipinski definition) is 2. The maximum Gasteiger partial charge on any atom is 0.307 e. The topological polar surface area (TPSA) is 53.1 Å². The van der Waals surface area contributed by atoms with Crippen molar-refractivity contribution in [1.82, 2.24) is 4.98 Å². The van der Waals surface area contributed by atoms with Gasteiger partial charge in [0.05, 0.1) is 6.42 Å². The second-order valence-corrected chi connectivity index (χ2v) is 4.58. The maximum absolute atomic E-state index is 10.9. The molecular weight excluding hydrogens is 226 g/mol. The number of aliphatic carboxylic acids is 1. The molecule has 0 atom stereocenters. The average molecular weight is 239 g/mol. The predicted molar refractivity (Wildman–Crippen MR) is 71.9 cm³/mol. The van der Waals surface area contributed by atoms with E-state index in [-0.39, 0.29) is 6.42 Å². The summed E-state index contributed by atoms with van der Waals surface area (Å²) in [5.41, 5.74) is 4.10. The lowest BCUT2D eigenvalue weighted by Crippen LogP contribution is -2.00. The highest BCUT2D eigenvalue weighted by molar-refractivity contribution is 6.09. The van der Waals surface area contributed by atoms with E-state index in [2.05, 4.69) is 17.1 Å². The Balaban J connectivity index is 2.37. The van der Waals surface area contributed by atoms with Crippen LogP contribution in [-0.4, -0.2) is 16.1 Å². The summed E-state index contributed by atoms with van der Waals surface area (Å²) in [7, 11) is 0. The summed E-state index contributed by atoms with van der Waals surface area (Å²) in [5.74, 6) is -0.802. The fourth-order valence-corrected chi connectivity index (χ4v) is 2.46. The zero-order valence-corrected chi connectivity index (χ0v) is 10.0. The number of H-pyrrole nitrogens is 1. The maximum atomic E-state index is 10.9. The number of aromatic amines is 1. The first-order valence-corrected chi connectivity index (χ1v) is 5.87. The highest BCUT2D eigenvalue weighted by Gasteiger charge is 2.10. The van der Waals surface area contributed by atoms with E-state index in [0.717, 1.165) is 27.4 Å². The van der Waals surface area contributed by atoms with Gasteiger partial charge in [-0.15, -0.1) is 0 Å². The molecule has 1 heterocycles. The molecule has 0 saturated carbocycles. The monoisotopic (exact) mass is 239 g/mol. The third-order valence-corrected chi connectivity index (χ3v) is 3.21. The number of benzene rings is 2. The van der Waals surface area contributed by atoms with Crippen LogP contribution < -0.4 is 0 Å². The van der Waals surface area contributed by atoms with Crippen LogP contribution in [0.2, 0.25) is 0 Å². The fraction of sp³-hybridized carbons (Fsp3) is 0.133. The predicted octanol–water partition coefficient (Wildman–Crippen LogP) is 3.26. The van der Waals surface area contributed by atoms with Crippen LogP contribution in [0.5, 0.6) is 0 Å². The second-order valence-electron chi connectivity index (χ2n) is 4.58. The molecule has 0 aliphatic carbocycles. The zero-order valence-electron chi connectivity index (χ0n) is 10.0. The molecule has 90 valence electrons. The van der Waals surface area contributed by atoms with Gasteiger partial charge in [-0.2, -0.15) is 0 Å². The summed E-state index contributed by atoms with van der Waals surface area (Å²) in [6.07, 6.45) is 0.0537. The minimum Gasteiger partial charge on any atom is -0.481 e. The molecule has 3 aromatic rings. The van der Waals surface area contributed by atoms with E-state index in [1.165, 1.54) is 5.56 Å². The normalized spacial score (nSPS) is 11.2. The van der Waals surface area contributed by atoms with E-state index in [4.69, 9.17) is 5.11 Å². The third-order valence-electron chi connectivity index (χ3n) is 3.21. The van der Waals surface area contributed by atoms with Crippen molar-refractivity contribution < 1.29 is 9.90 Å². The number of rotatable bonds is 2. The van der Waals surface area contributed by atoms with Crippen LogP contribution in [0.1, 0.15) is 11.1 Å². The van der Waals surface area contributed by atoms with Gasteiger partial charge in [0.2, 0.25) is 0 Å². The first-order valence-electron chi connectivity index (χ1n) is 5.87. The molecule has 3 nitrogen and oxygen atoms in total. The van der Waals surface area contributed by atoms with Crippen molar-refractivity contribution in [2.24, 2.45) is 0 Å². The SMILES string of the molecule is Cc1ccc2c(c1)[nH]c1cccc(CC(=O)O)c12. The molecule has 0 amide bonds. The van der Waals surface area contributed by atoms with Crippen LogP contribution in [0.15, 0.2) is 36.4 Å². The van der Waals surface area contributed by atoms with E-state index in [1.54, 1.807) is 0 Å². The number of carboxylic acid groups (broad SMARTS) is 1. The summed E-state index contributed by atoms with van der Waals surface area (Å²) < 4.78 is 0. The van der Waals surface area contributed by atoms with Gasteiger partial charge in [-0.1, -0.05) is 24.3 Å². The van der Waals surface area contributed by atoms with Gasteiger partial charge in [-0.25, -0.2) is 0 Å². The second kappa shape index (κ2) is 3.88. The fourth-order valence-electron chi connectivity index (χ4n) is 2.46. The lowest BCUT2D eigenvalue weighted by atomic mass is 10.0. The molecule has 0 spiro atoms. The molecule has 3 rings (SSSR count). The quantitative estimate of drug-likeness (QED) is 0.721. The molecule has 0 saturated heterocycles. The van der Waals surface area contributed by atoms with Gasteiger partial charge in [0.25, 0.3) is 0 Å². The van der Waals surface area contributed by atoms with Crippen LogP contribution in [-0.2, 0) is 11.2 Å². The average Bonchev–Trinajstić information content (AvgIpc) is 2.66. The van der Waals surface area contributed by atoms with Crippen LogP contribution in [0.3, 0.4) is 0 Å². The molecule has 1 aromatic heterocycles. The summed E-state index contributed by atoms with van der Waals surface area (Å²) >= 11 is 0.